The molecule has 0 aliphatic heterocycles. The number of hydrogen-bond acceptors (Lipinski definition) is 4. The summed E-state index contributed by atoms with van der Waals surface area (Å²) in [6.07, 6.45) is 2.21. The molecule has 0 bridgehead atoms. The molecule has 7 heteroatoms. The molecule has 1 aromatic heterocycles. The van der Waals surface area contributed by atoms with Gasteiger partial charge >= 0.3 is 5.97 Å². The molecule has 2 rings (SSSR count). The van der Waals surface area contributed by atoms with Crippen molar-refractivity contribution in [2.24, 2.45) is 0 Å². The number of halogens is 1. The van der Waals surface area contributed by atoms with Gasteiger partial charge in [0.15, 0.2) is 0 Å². The molecule has 0 amide bonds. The highest BCUT2D eigenvalue weighted by molar-refractivity contribution is 7.99. The van der Waals surface area contributed by atoms with Crippen LogP contribution < -0.4 is 0 Å². The molecular formula is C13H14FN3O2S. The molecule has 106 valence electrons. The predicted molar refractivity (Wildman–Crippen MR) is 73.1 cm³/mol. The lowest BCUT2D eigenvalue weighted by Gasteiger charge is -2.01. The third-order valence-electron chi connectivity index (χ3n) is 2.58. The van der Waals surface area contributed by atoms with E-state index in [1.54, 1.807) is 34.8 Å². The number of hydrogen-bond donors (Lipinski definition) is 1. The average Bonchev–Trinajstić information content (AvgIpc) is 2.87. The van der Waals surface area contributed by atoms with Crippen LogP contribution in [0.4, 0.5) is 4.39 Å². The van der Waals surface area contributed by atoms with Gasteiger partial charge in [-0.2, -0.15) is 0 Å². The molecule has 0 spiro atoms. The lowest BCUT2D eigenvalue weighted by atomic mass is 10.2. The highest BCUT2D eigenvalue weighted by atomic mass is 32.2. The summed E-state index contributed by atoms with van der Waals surface area (Å²) in [5.74, 6) is -0.298. The zero-order valence-corrected chi connectivity index (χ0v) is 11.5. The molecule has 0 saturated carbocycles. The summed E-state index contributed by atoms with van der Waals surface area (Å²) < 4.78 is 14.4. The Balaban J connectivity index is 1.76. The molecule has 0 radical (unpaired) electrons. The number of benzene rings is 1. The van der Waals surface area contributed by atoms with Crippen LogP contribution in [-0.4, -0.2) is 31.8 Å². The van der Waals surface area contributed by atoms with E-state index in [1.807, 2.05) is 0 Å². The second kappa shape index (κ2) is 7.04. The van der Waals surface area contributed by atoms with Crippen LogP contribution >= 0.6 is 11.8 Å². The van der Waals surface area contributed by atoms with Gasteiger partial charge in [-0.1, -0.05) is 5.21 Å². The fourth-order valence-electron chi connectivity index (χ4n) is 1.59. The molecule has 1 aromatic carbocycles. The van der Waals surface area contributed by atoms with Crippen LogP contribution in [0.5, 0.6) is 0 Å². The predicted octanol–water partition coefficient (Wildman–Crippen LogP) is 2.23. The number of nitrogens with zero attached hydrogens (tertiary/aromatic N) is 3. The van der Waals surface area contributed by atoms with E-state index in [4.69, 9.17) is 5.11 Å². The van der Waals surface area contributed by atoms with Gasteiger partial charge < -0.3 is 5.11 Å². The van der Waals surface area contributed by atoms with E-state index in [9.17, 15) is 9.18 Å². The lowest BCUT2D eigenvalue weighted by molar-refractivity contribution is -0.136. The maximum atomic E-state index is 12.7. The van der Waals surface area contributed by atoms with Gasteiger partial charge in [0.25, 0.3) is 0 Å². The minimum absolute atomic E-state index is 0.0586. The fourth-order valence-corrected chi connectivity index (χ4v) is 2.43. The molecule has 1 heterocycles. The summed E-state index contributed by atoms with van der Waals surface area (Å²) >= 11 is 1.60. The highest BCUT2D eigenvalue weighted by Crippen LogP contribution is 2.18. The molecular weight excluding hydrogens is 281 g/mol. The molecule has 5 nitrogen and oxygen atoms in total. The molecule has 0 atom stereocenters. The summed E-state index contributed by atoms with van der Waals surface area (Å²) in [5.41, 5.74) is 0.680. The number of carbonyl (C=O) groups is 1. The van der Waals surface area contributed by atoms with E-state index in [1.165, 1.54) is 12.1 Å². The van der Waals surface area contributed by atoms with Gasteiger partial charge in [0, 0.05) is 23.3 Å². The van der Waals surface area contributed by atoms with Crippen molar-refractivity contribution in [3.8, 4) is 0 Å². The standard InChI is InChI=1S/C13H14FN3O2S/c14-10-1-4-12(5-2-10)20-8-7-17-9-11(15-16-17)3-6-13(18)19/h1-2,4-5,9H,3,6-8H2,(H,18,19). The summed E-state index contributed by atoms with van der Waals surface area (Å²) in [6.45, 7) is 0.669. The Kier molecular flexibility index (Phi) is 5.11. The van der Waals surface area contributed by atoms with Crippen LogP contribution in [0.2, 0.25) is 0 Å². The van der Waals surface area contributed by atoms with E-state index in [-0.39, 0.29) is 12.2 Å². The minimum Gasteiger partial charge on any atom is -0.481 e. The average molecular weight is 295 g/mol. The summed E-state index contributed by atoms with van der Waals surface area (Å²) in [7, 11) is 0. The van der Waals surface area contributed by atoms with Crippen molar-refractivity contribution < 1.29 is 14.3 Å². The van der Waals surface area contributed by atoms with Gasteiger partial charge in [-0.15, -0.1) is 16.9 Å². The monoisotopic (exact) mass is 295 g/mol. The van der Waals surface area contributed by atoms with Gasteiger partial charge in [-0.25, -0.2) is 4.39 Å². The van der Waals surface area contributed by atoms with Crippen molar-refractivity contribution >= 4 is 17.7 Å². The van der Waals surface area contributed by atoms with E-state index >= 15 is 0 Å². The fraction of sp³-hybridized carbons (Fsp3) is 0.308. The van der Waals surface area contributed by atoms with E-state index in [2.05, 4.69) is 10.3 Å². The second-order valence-electron chi connectivity index (χ2n) is 4.17. The topological polar surface area (TPSA) is 68.0 Å². The molecule has 0 aliphatic carbocycles. The van der Waals surface area contributed by atoms with Crippen LogP contribution in [-0.2, 0) is 17.8 Å². The lowest BCUT2D eigenvalue weighted by Crippen LogP contribution is -2.01. The van der Waals surface area contributed by atoms with Crippen molar-refractivity contribution in [2.45, 2.75) is 24.3 Å². The van der Waals surface area contributed by atoms with Crippen molar-refractivity contribution in [3.05, 3.63) is 42.0 Å². The van der Waals surface area contributed by atoms with Gasteiger partial charge in [-0.3, -0.25) is 9.48 Å². The zero-order chi connectivity index (χ0) is 14.4. The summed E-state index contributed by atoms with van der Waals surface area (Å²) in [6, 6.07) is 6.34. The van der Waals surface area contributed by atoms with E-state index in [0.717, 1.165) is 10.6 Å². The van der Waals surface area contributed by atoms with Crippen LogP contribution in [0.25, 0.3) is 0 Å². The first-order chi connectivity index (χ1) is 9.63. The summed E-state index contributed by atoms with van der Waals surface area (Å²) in [5, 5.41) is 16.4. The SMILES string of the molecule is O=C(O)CCc1cn(CCSc2ccc(F)cc2)nn1. The second-order valence-corrected chi connectivity index (χ2v) is 5.34. The number of carboxylic acids is 1. The van der Waals surface area contributed by atoms with Crippen molar-refractivity contribution in [2.75, 3.05) is 5.75 Å². The third-order valence-corrected chi connectivity index (χ3v) is 3.58. The molecule has 0 saturated heterocycles. The largest absolute Gasteiger partial charge is 0.481 e. The Bertz CT molecular complexity index is 571. The number of rotatable bonds is 7. The van der Waals surface area contributed by atoms with Gasteiger partial charge in [0.1, 0.15) is 5.82 Å². The smallest absolute Gasteiger partial charge is 0.303 e. The molecule has 1 N–H and O–H groups in total. The first-order valence-electron chi connectivity index (χ1n) is 6.12. The Labute approximate surface area is 119 Å². The van der Waals surface area contributed by atoms with Crippen molar-refractivity contribution in [1.29, 1.82) is 0 Å². The number of aromatic nitrogens is 3. The van der Waals surface area contributed by atoms with E-state index < -0.39 is 5.97 Å². The molecule has 0 fully saturated rings. The molecule has 0 unspecified atom stereocenters. The number of thioether (sulfide) groups is 1. The number of carboxylic acid groups (broad SMARTS) is 1. The highest BCUT2D eigenvalue weighted by Gasteiger charge is 2.04. The normalized spacial score (nSPS) is 10.7. The van der Waals surface area contributed by atoms with Crippen LogP contribution in [0.3, 0.4) is 0 Å². The van der Waals surface area contributed by atoms with Gasteiger partial charge in [0.05, 0.1) is 18.7 Å². The number of aryl methyl sites for hydroxylation is 2. The summed E-state index contributed by atoms with van der Waals surface area (Å²) in [4.78, 5) is 11.4. The maximum Gasteiger partial charge on any atom is 0.303 e. The number of aliphatic carboxylic acids is 1. The van der Waals surface area contributed by atoms with Crippen LogP contribution in [0.1, 0.15) is 12.1 Å². The Morgan fingerprint density at radius 2 is 2.10 bits per heavy atom. The van der Waals surface area contributed by atoms with Crippen molar-refractivity contribution in [1.82, 2.24) is 15.0 Å². The van der Waals surface area contributed by atoms with Crippen LogP contribution in [0.15, 0.2) is 35.4 Å². The van der Waals surface area contributed by atoms with E-state index in [0.29, 0.717) is 18.7 Å². The maximum absolute atomic E-state index is 12.7. The third kappa shape index (κ3) is 4.65. The Morgan fingerprint density at radius 3 is 2.80 bits per heavy atom. The first kappa shape index (κ1) is 14.5. The van der Waals surface area contributed by atoms with Crippen LogP contribution in [0, 0.1) is 5.82 Å². The van der Waals surface area contributed by atoms with Gasteiger partial charge in [0.2, 0.25) is 0 Å². The Morgan fingerprint density at radius 1 is 1.35 bits per heavy atom. The Hall–Kier alpha value is -1.89. The molecule has 2 aromatic rings. The molecule has 0 aliphatic rings. The first-order valence-corrected chi connectivity index (χ1v) is 7.11. The van der Waals surface area contributed by atoms with Crippen molar-refractivity contribution in [3.63, 3.8) is 0 Å². The van der Waals surface area contributed by atoms with Gasteiger partial charge in [-0.05, 0) is 24.3 Å². The zero-order valence-electron chi connectivity index (χ0n) is 10.7. The molecule has 20 heavy (non-hydrogen) atoms. The minimum atomic E-state index is -0.841. The quantitative estimate of drug-likeness (QED) is 0.793.